The van der Waals surface area contributed by atoms with Gasteiger partial charge in [-0.15, -0.1) is 0 Å². The Morgan fingerprint density at radius 2 is 1.75 bits per heavy atom. The van der Waals surface area contributed by atoms with Gasteiger partial charge in [0.05, 0.1) is 7.11 Å². The number of phenolic OH excluding ortho intramolecular Hbond substituents is 1. The molecule has 0 aromatic heterocycles. The third kappa shape index (κ3) is 5.76. The molecule has 0 fully saturated rings. The monoisotopic (exact) mass is 431 g/mol. The van der Waals surface area contributed by atoms with E-state index in [-0.39, 0.29) is 11.5 Å². The zero-order valence-corrected chi connectivity index (χ0v) is 18.2. The minimum Gasteiger partial charge on any atom is -0.504 e. The van der Waals surface area contributed by atoms with E-state index in [1.165, 1.54) is 25.3 Å². The second-order valence-electron chi connectivity index (χ2n) is 7.30. The van der Waals surface area contributed by atoms with Gasteiger partial charge in [-0.05, 0) is 54.8 Å². The van der Waals surface area contributed by atoms with Crippen molar-refractivity contribution in [3.63, 3.8) is 0 Å². The molecule has 1 amide bonds. The SMILES string of the molecule is COc1cc(/C=C/C(=O)O[C@@H](C(=O)Nc2cc(C)ccc2C)c2ccccc2)ccc1O. The van der Waals surface area contributed by atoms with Crippen LogP contribution in [0.15, 0.2) is 72.8 Å². The van der Waals surface area contributed by atoms with Gasteiger partial charge in [0, 0.05) is 17.3 Å². The Hall–Kier alpha value is -4.06. The van der Waals surface area contributed by atoms with E-state index in [2.05, 4.69) is 5.32 Å². The summed E-state index contributed by atoms with van der Waals surface area (Å²) in [5, 5.41) is 12.6. The van der Waals surface area contributed by atoms with Crippen LogP contribution in [0.4, 0.5) is 5.69 Å². The third-order valence-corrected chi connectivity index (χ3v) is 4.84. The topological polar surface area (TPSA) is 84.9 Å². The molecule has 0 spiro atoms. The maximum absolute atomic E-state index is 13.1. The maximum atomic E-state index is 13.1. The van der Waals surface area contributed by atoms with Gasteiger partial charge in [-0.3, -0.25) is 4.79 Å². The van der Waals surface area contributed by atoms with Gasteiger partial charge in [0.1, 0.15) is 0 Å². The number of carbonyl (C=O) groups is 2. The number of aryl methyl sites for hydroxylation is 2. The summed E-state index contributed by atoms with van der Waals surface area (Å²) in [6, 6.07) is 19.3. The van der Waals surface area contributed by atoms with Crippen LogP contribution < -0.4 is 10.1 Å². The Morgan fingerprint density at radius 3 is 2.47 bits per heavy atom. The quantitative estimate of drug-likeness (QED) is 0.408. The summed E-state index contributed by atoms with van der Waals surface area (Å²) < 4.78 is 10.6. The molecule has 0 heterocycles. The molecular weight excluding hydrogens is 406 g/mol. The highest BCUT2D eigenvalue weighted by atomic mass is 16.5. The summed E-state index contributed by atoms with van der Waals surface area (Å²) in [6.45, 7) is 3.83. The standard InChI is InChI=1S/C26H25NO5/c1-17-9-10-18(2)21(15-17)27-26(30)25(20-7-5-4-6-8-20)32-24(29)14-12-19-11-13-22(28)23(16-19)31-3/h4-16,25,28H,1-3H3,(H,27,30)/b14-12+/t25-/m1/s1. The molecule has 0 bridgehead atoms. The molecule has 0 saturated carbocycles. The lowest BCUT2D eigenvalue weighted by atomic mass is 10.1. The zero-order chi connectivity index (χ0) is 23.1. The molecule has 2 N–H and O–H groups in total. The number of esters is 1. The molecule has 0 saturated heterocycles. The number of aromatic hydroxyl groups is 1. The number of anilines is 1. The van der Waals surface area contributed by atoms with E-state index in [0.717, 1.165) is 11.1 Å². The second-order valence-corrected chi connectivity index (χ2v) is 7.30. The third-order valence-electron chi connectivity index (χ3n) is 4.84. The van der Waals surface area contributed by atoms with E-state index < -0.39 is 18.0 Å². The first-order chi connectivity index (χ1) is 15.4. The summed E-state index contributed by atoms with van der Waals surface area (Å²) in [7, 11) is 1.44. The van der Waals surface area contributed by atoms with Gasteiger partial charge < -0.3 is 19.9 Å². The minimum atomic E-state index is -1.12. The van der Waals surface area contributed by atoms with E-state index >= 15 is 0 Å². The number of carbonyl (C=O) groups excluding carboxylic acids is 2. The molecule has 32 heavy (non-hydrogen) atoms. The first-order valence-corrected chi connectivity index (χ1v) is 10.1. The second kappa shape index (κ2) is 10.3. The lowest BCUT2D eigenvalue weighted by Crippen LogP contribution is -2.25. The molecule has 0 aliphatic rings. The summed E-state index contributed by atoms with van der Waals surface area (Å²) >= 11 is 0. The van der Waals surface area contributed by atoms with Crippen LogP contribution in [-0.2, 0) is 14.3 Å². The Balaban J connectivity index is 1.79. The maximum Gasteiger partial charge on any atom is 0.331 e. The van der Waals surface area contributed by atoms with Gasteiger partial charge in [-0.1, -0.05) is 48.5 Å². The Bertz CT molecular complexity index is 1140. The lowest BCUT2D eigenvalue weighted by Gasteiger charge is -2.18. The van der Waals surface area contributed by atoms with Crippen LogP contribution in [0, 0.1) is 13.8 Å². The fourth-order valence-corrected chi connectivity index (χ4v) is 3.09. The number of rotatable bonds is 7. The normalized spacial score (nSPS) is 11.7. The predicted molar refractivity (Wildman–Crippen MR) is 124 cm³/mol. The van der Waals surface area contributed by atoms with E-state index in [9.17, 15) is 14.7 Å². The molecule has 0 aliphatic carbocycles. The van der Waals surface area contributed by atoms with Crippen LogP contribution in [0.1, 0.15) is 28.4 Å². The lowest BCUT2D eigenvalue weighted by molar-refractivity contribution is -0.149. The van der Waals surface area contributed by atoms with Crippen LogP contribution in [0.3, 0.4) is 0 Å². The molecule has 164 valence electrons. The number of phenols is 1. The smallest absolute Gasteiger partial charge is 0.331 e. The largest absolute Gasteiger partial charge is 0.504 e. The van der Waals surface area contributed by atoms with Gasteiger partial charge in [-0.25, -0.2) is 4.79 Å². The average Bonchev–Trinajstić information content (AvgIpc) is 2.79. The van der Waals surface area contributed by atoms with Crippen molar-refractivity contribution in [3.05, 3.63) is 95.1 Å². The molecule has 0 aliphatic heterocycles. The summed E-state index contributed by atoms with van der Waals surface area (Å²) in [5.74, 6) is -0.838. The molecule has 0 unspecified atom stereocenters. The molecule has 3 aromatic rings. The number of ether oxygens (including phenoxy) is 2. The van der Waals surface area contributed by atoms with E-state index in [4.69, 9.17) is 9.47 Å². The van der Waals surface area contributed by atoms with Crippen molar-refractivity contribution >= 4 is 23.6 Å². The predicted octanol–water partition coefficient (Wildman–Crippen LogP) is 4.95. The Labute approximate surface area is 187 Å². The molecule has 1 atom stereocenters. The number of hydrogen-bond donors (Lipinski definition) is 2. The number of hydrogen-bond acceptors (Lipinski definition) is 5. The van der Waals surface area contributed by atoms with Crippen molar-refractivity contribution < 1.29 is 24.2 Å². The molecule has 0 radical (unpaired) electrons. The van der Waals surface area contributed by atoms with Crippen molar-refractivity contribution in [2.75, 3.05) is 12.4 Å². The van der Waals surface area contributed by atoms with Gasteiger partial charge in [0.15, 0.2) is 11.5 Å². The fourth-order valence-electron chi connectivity index (χ4n) is 3.09. The van der Waals surface area contributed by atoms with Crippen LogP contribution in [0.2, 0.25) is 0 Å². The van der Waals surface area contributed by atoms with E-state index in [0.29, 0.717) is 16.8 Å². The van der Waals surface area contributed by atoms with Crippen molar-refractivity contribution in [2.24, 2.45) is 0 Å². The van der Waals surface area contributed by atoms with Crippen molar-refractivity contribution in [3.8, 4) is 11.5 Å². The first kappa shape index (κ1) is 22.6. The highest BCUT2D eigenvalue weighted by Gasteiger charge is 2.24. The van der Waals surface area contributed by atoms with E-state index in [1.54, 1.807) is 36.4 Å². The van der Waals surface area contributed by atoms with Crippen molar-refractivity contribution in [1.29, 1.82) is 0 Å². The van der Waals surface area contributed by atoms with Crippen LogP contribution in [-0.4, -0.2) is 24.1 Å². The first-order valence-electron chi connectivity index (χ1n) is 10.1. The summed E-state index contributed by atoms with van der Waals surface area (Å²) in [4.78, 5) is 25.6. The van der Waals surface area contributed by atoms with Crippen LogP contribution in [0.5, 0.6) is 11.5 Å². The molecule has 6 nitrogen and oxygen atoms in total. The molecule has 3 rings (SSSR count). The van der Waals surface area contributed by atoms with E-state index in [1.807, 2.05) is 38.1 Å². The Morgan fingerprint density at radius 1 is 1.00 bits per heavy atom. The van der Waals surface area contributed by atoms with Gasteiger partial charge >= 0.3 is 5.97 Å². The van der Waals surface area contributed by atoms with Crippen molar-refractivity contribution in [1.82, 2.24) is 0 Å². The number of methoxy groups -OCH3 is 1. The number of nitrogens with one attached hydrogen (secondary N) is 1. The number of benzene rings is 3. The van der Waals surface area contributed by atoms with Gasteiger partial charge in [-0.2, -0.15) is 0 Å². The van der Waals surface area contributed by atoms with Crippen molar-refractivity contribution in [2.45, 2.75) is 20.0 Å². The highest BCUT2D eigenvalue weighted by Crippen LogP contribution is 2.27. The van der Waals surface area contributed by atoms with Gasteiger partial charge in [0.2, 0.25) is 6.10 Å². The zero-order valence-electron chi connectivity index (χ0n) is 18.2. The van der Waals surface area contributed by atoms with Crippen LogP contribution in [0.25, 0.3) is 6.08 Å². The number of amides is 1. The van der Waals surface area contributed by atoms with Gasteiger partial charge in [0.25, 0.3) is 5.91 Å². The minimum absolute atomic E-state index is 0.000480. The highest BCUT2D eigenvalue weighted by molar-refractivity contribution is 5.98. The summed E-state index contributed by atoms with van der Waals surface area (Å²) in [5.41, 5.74) is 3.77. The summed E-state index contributed by atoms with van der Waals surface area (Å²) in [6.07, 6.45) is 1.63. The Kier molecular flexibility index (Phi) is 7.29. The molecular formula is C26H25NO5. The average molecular weight is 431 g/mol. The molecule has 6 heteroatoms. The molecule has 3 aromatic carbocycles. The fraction of sp³-hybridized carbons (Fsp3) is 0.154. The van der Waals surface area contributed by atoms with Crippen LogP contribution >= 0.6 is 0 Å².